The van der Waals surface area contributed by atoms with Gasteiger partial charge in [-0.2, -0.15) is 0 Å². The van der Waals surface area contributed by atoms with Gasteiger partial charge < -0.3 is 24.5 Å². The van der Waals surface area contributed by atoms with Crippen LogP contribution in [0.4, 0.5) is 4.79 Å². The third-order valence-corrected chi connectivity index (χ3v) is 7.30. The van der Waals surface area contributed by atoms with Crippen LogP contribution in [0.3, 0.4) is 0 Å². The van der Waals surface area contributed by atoms with E-state index in [1.807, 2.05) is 26.8 Å². The summed E-state index contributed by atoms with van der Waals surface area (Å²) in [5.74, 6) is -0.916. The van der Waals surface area contributed by atoms with Gasteiger partial charge in [0.15, 0.2) is 0 Å². The van der Waals surface area contributed by atoms with E-state index in [2.05, 4.69) is 29.6 Å². The molecular weight excluding hydrogens is 460 g/mol. The van der Waals surface area contributed by atoms with Gasteiger partial charge in [0.05, 0.1) is 25.1 Å². The van der Waals surface area contributed by atoms with Crippen LogP contribution in [0.25, 0.3) is 6.08 Å². The van der Waals surface area contributed by atoms with Gasteiger partial charge in [0, 0.05) is 6.42 Å². The molecule has 3 aliphatic heterocycles. The highest BCUT2D eigenvalue weighted by Gasteiger charge is 2.44. The number of rotatable bonds is 1. The van der Waals surface area contributed by atoms with Crippen LogP contribution in [-0.2, 0) is 36.7 Å². The van der Waals surface area contributed by atoms with Gasteiger partial charge in [0.2, 0.25) is 5.91 Å². The lowest BCUT2D eigenvalue weighted by molar-refractivity contribution is -0.154. The van der Waals surface area contributed by atoms with Crippen LogP contribution in [0, 0.1) is 11.3 Å². The second-order valence-corrected chi connectivity index (χ2v) is 11.0. The van der Waals surface area contributed by atoms with Crippen LogP contribution in [0.5, 0.6) is 0 Å². The molecule has 0 spiro atoms. The van der Waals surface area contributed by atoms with Crippen molar-refractivity contribution in [3.05, 3.63) is 41.0 Å². The zero-order chi connectivity index (χ0) is 25.9. The van der Waals surface area contributed by atoms with Crippen molar-refractivity contribution in [3.8, 4) is 0 Å². The maximum atomic E-state index is 13.5. The highest BCUT2D eigenvalue weighted by atomic mass is 16.6. The Morgan fingerprint density at radius 2 is 1.97 bits per heavy atom. The molecule has 1 fully saturated rings. The van der Waals surface area contributed by atoms with Crippen molar-refractivity contribution in [2.75, 3.05) is 13.2 Å². The fourth-order valence-corrected chi connectivity index (χ4v) is 5.30. The van der Waals surface area contributed by atoms with E-state index < -0.39 is 29.7 Å². The molecule has 194 valence electrons. The van der Waals surface area contributed by atoms with Crippen LogP contribution >= 0.6 is 0 Å². The average molecular weight is 497 g/mol. The van der Waals surface area contributed by atoms with Crippen LogP contribution in [-0.4, -0.2) is 60.5 Å². The Labute approximate surface area is 212 Å². The molecule has 0 saturated carbocycles. The Balaban J connectivity index is 1.59. The number of ether oxygens (including phenoxy) is 2. The number of fused-ring (bicyclic) bond motifs is 10. The Kier molecular flexibility index (Phi) is 7.81. The number of nitrogens with one attached hydrogen (secondary N) is 1. The van der Waals surface area contributed by atoms with Gasteiger partial charge in [-0.3, -0.25) is 9.59 Å². The summed E-state index contributed by atoms with van der Waals surface area (Å²) in [5.41, 5.74) is 2.94. The Morgan fingerprint density at radius 1 is 1.17 bits per heavy atom. The van der Waals surface area contributed by atoms with Crippen molar-refractivity contribution in [1.82, 2.24) is 10.2 Å². The van der Waals surface area contributed by atoms with Crippen molar-refractivity contribution < 1.29 is 28.7 Å². The van der Waals surface area contributed by atoms with Gasteiger partial charge in [-0.25, -0.2) is 4.79 Å². The van der Waals surface area contributed by atoms with E-state index in [1.165, 1.54) is 10.5 Å². The number of hydrogen-bond acceptors (Lipinski definition) is 6. The maximum absolute atomic E-state index is 13.5. The number of carbonyl (C=O) groups is 4. The topological polar surface area (TPSA) is 102 Å². The Bertz CT molecular complexity index is 1040. The first-order chi connectivity index (χ1) is 17.2. The molecule has 1 aromatic rings. The summed E-state index contributed by atoms with van der Waals surface area (Å²) in [5, 5.41) is 2.70. The van der Waals surface area contributed by atoms with Gasteiger partial charge in [-0.1, -0.05) is 51.1 Å². The Hall–Kier alpha value is -3.16. The minimum atomic E-state index is -0.894. The van der Waals surface area contributed by atoms with Gasteiger partial charge in [-0.05, 0) is 54.2 Å². The zero-order valence-corrected chi connectivity index (χ0v) is 21.3. The lowest BCUT2D eigenvalue weighted by Gasteiger charge is -2.34. The van der Waals surface area contributed by atoms with E-state index in [9.17, 15) is 19.2 Å². The lowest BCUT2D eigenvalue weighted by atomic mass is 9.81. The number of allylic oxidation sites excluding steroid dienone is 1. The fourth-order valence-electron chi connectivity index (χ4n) is 5.30. The quantitative estimate of drug-likeness (QED) is 0.472. The van der Waals surface area contributed by atoms with Crippen LogP contribution in [0.15, 0.2) is 24.3 Å². The molecule has 8 nitrogen and oxygen atoms in total. The number of alkyl carbamates (subject to hydrolysis) is 1. The second kappa shape index (κ2) is 10.8. The van der Waals surface area contributed by atoms with E-state index in [-0.39, 0.29) is 37.4 Å². The van der Waals surface area contributed by atoms with E-state index in [0.29, 0.717) is 25.5 Å². The molecule has 0 aromatic heterocycles. The molecule has 1 saturated heterocycles. The standard InChI is InChI=1S/C28H36N2O6/c1-28(2,3)24-25(32)30-16-22(15-21(30)17-31)36-26(33)20-11-12-23-18(9-7-10-19(23)14-20)8-5-4-6-13-35-27(34)29-24/h5,7-10,17,20-22,24H,4,6,11-16H2,1-3H3,(H,29,34)/b8-5+/t20?,21-,22+,24+/m0/s1. The highest BCUT2D eigenvalue weighted by molar-refractivity contribution is 5.89. The molecule has 5 rings (SSSR count). The van der Waals surface area contributed by atoms with Gasteiger partial charge in [0.1, 0.15) is 18.4 Å². The number of amides is 2. The number of carbonyl (C=O) groups excluding carboxylic acids is 4. The normalized spacial score (nSPS) is 28.6. The predicted octanol–water partition coefficient (Wildman–Crippen LogP) is 3.45. The van der Waals surface area contributed by atoms with E-state index in [0.717, 1.165) is 24.0 Å². The maximum Gasteiger partial charge on any atom is 0.407 e. The summed E-state index contributed by atoms with van der Waals surface area (Å²) in [6, 6.07) is 4.55. The summed E-state index contributed by atoms with van der Waals surface area (Å²) in [6.07, 6.45) is 7.40. The van der Waals surface area contributed by atoms with Crippen molar-refractivity contribution in [1.29, 1.82) is 0 Å². The van der Waals surface area contributed by atoms with E-state index in [4.69, 9.17) is 9.47 Å². The third kappa shape index (κ3) is 5.79. The minimum absolute atomic E-state index is 0.121. The summed E-state index contributed by atoms with van der Waals surface area (Å²) >= 11 is 0. The van der Waals surface area contributed by atoms with Gasteiger partial charge >= 0.3 is 12.1 Å². The van der Waals surface area contributed by atoms with Crippen LogP contribution < -0.4 is 5.32 Å². The summed E-state index contributed by atoms with van der Waals surface area (Å²) in [7, 11) is 0. The zero-order valence-electron chi connectivity index (χ0n) is 21.3. The molecule has 6 bridgehead atoms. The minimum Gasteiger partial charge on any atom is -0.460 e. The molecule has 8 heteroatoms. The molecule has 36 heavy (non-hydrogen) atoms. The monoisotopic (exact) mass is 496 g/mol. The summed E-state index contributed by atoms with van der Waals surface area (Å²) in [4.78, 5) is 52.4. The van der Waals surface area contributed by atoms with Crippen molar-refractivity contribution in [2.45, 2.75) is 77.5 Å². The number of hydrogen-bond donors (Lipinski definition) is 1. The SMILES string of the molecule is CC(C)(C)[C@@H]1NC(=O)OCCC/C=C/c2cccc3c2CCC(C3)C(=O)O[C@@H]2C[C@@H](C=O)N(C2)C1=O. The van der Waals surface area contributed by atoms with E-state index >= 15 is 0 Å². The smallest absolute Gasteiger partial charge is 0.407 e. The summed E-state index contributed by atoms with van der Waals surface area (Å²) in [6.45, 7) is 5.88. The average Bonchev–Trinajstić information content (AvgIpc) is 3.25. The van der Waals surface area contributed by atoms with Crippen molar-refractivity contribution in [3.63, 3.8) is 0 Å². The number of benzene rings is 1. The molecule has 1 N–H and O–H groups in total. The van der Waals surface area contributed by atoms with Crippen molar-refractivity contribution in [2.24, 2.45) is 11.3 Å². The Morgan fingerprint density at radius 3 is 2.72 bits per heavy atom. The molecule has 2 amide bonds. The number of aldehydes is 1. The third-order valence-electron chi connectivity index (χ3n) is 7.30. The van der Waals surface area contributed by atoms with Crippen LogP contribution in [0.2, 0.25) is 0 Å². The highest BCUT2D eigenvalue weighted by Crippen LogP contribution is 2.32. The predicted molar refractivity (Wildman–Crippen MR) is 134 cm³/mol. The molecule has 1 aromatic carbocycles. The molecule has 0 radical (unpaired) electrons. The largest absolute Gasteiger partial charge is 0.460 e. The second-order valence-electron chi connectivity index (χ2n) is 11.0. The van der Waals surface area contributed by atoms with Crippen LogP contribution in [0.1, 0.15) is 63.1 Å². The van der Waals surface area contributed by atoms with E-state index in [1.54, 1.807) is 0 Å². The first-order valence-corrected chi connectivity index (χ1v) is 12.8. The molecule has 1 aliphatic carbocycles. The summed E-state index contributed by atoms with van der Waals surface area (Å²) < 4.78 is 11.2. The molecule has 3 heterocycles. The van der Waals surface area contributed by atoms with Crippen molar-refractivity contribution >= 4 is 30.3 Å². The fraction of sp³-hybridized carbons (Fsp3) is 0.571. The molecule has 4 atom stereocenters. The molecular formula is C28H36N2O6. The molecule has 4 aliphatic rings. The van der Waals surface area contributed by atoms with Gasteiger partial charge in [0.25, 0.3) is 0 Å². The number of nitrogens with zero attached hydrogens (tertiary/aromatic N) is 1. The first-order valence-electron chi connectivity index (χ1n) is 12.8. The molecule has 1 unspecified atom stereocenters. The number of esters is 1. The first kappa shape index (κ1) is 25.9. The lowest BCUT2D eigenvalue weighted by Crippen LogP contribution is -2.56. The van der Waals surface area contributed by atoms with Gasteiger partial charge in [-0.15, -0.1) is 0 Å².